The van der Waals surface area contributed by atoms with Crippen molar-refractivity contribution in [3.05, 3.63) is 62.6 Å². The fourth-order valence-corrected chi connectivity index (χ4v) is 5.84. The molecule has 144 valence electrons. The molecule has 0 aromatic carbocycles. The van der Waals surface area contributed by atoms with Crippen molar-refractivity contribution in [1.29, 1.82) is 0 Å². The van der Waals surface area contributed by atoms with Crippen LogP contribution in [0.15, 0.2) is 47.3 Å². The highest BCUT2D eigenvalue weighted by Crippen LogP contribution is 2.39. The lowest BCUT2D eigenvalue weighted by molar-refractivity contribution is 0.195. The number of fused-ring (bicyclic) bond motifs is 1. The normalized spacial score (nSPS) is 18.9. The van der Waals surface area contributed by atoms with Crippen LogP contribution in [-0.2, 0) is 6.42 Å². The highest BCUT2D eigenvalue weighted by Gasteiger charge is 2.33. The van der Waals surface area contributed by atoms with Gasteiger partial charge in [-0.15, -0.1) is 22.7 Å². The number of pyridine rings is 1. The Bertz CT molecular complexity index is 945. The Morgan fingerprint density at radius 3 is 2.71 bits per heavy atom. The van der Waals surface area contributed by atoms with Crippen LogP contribution in [0.25, 0.3) is 0 Å². The fraction of sp³-hybridized carbons (Fsp3) is 0.333. The zero-order chi connectivity index (χ0) is 18.9. The Hall–Kier alpha value is -2.38. The molecule has 1 fully saturated rings. The number of nitrogens with one attached hydrogen (secondary N) is 1. The summed E-state index contributed by atoms with van der Waals surface area (Å²) in [6.45, 7) is 2.86. The molecule has 0 spiro atoms. The molecule has 5 heterocycles. The van der Waals surface area contributed by atoms with Crippen LogP contribution in [0.3, 0.4) is 0 Å². The molecule has 28 heavy (non-hydrogen) atoms. The summed E-state index contributed by atoms with van der Waals surface area (Å²) in [5.41, 5.74) is 2.00. The average molecular weight is 411 g/mol. The van der Waals surface area contributed by atoms with Gasteiger partial charge in [-0.3, -0.25) is 0 Å². The first-order valence-corrected chi connectivity index (χ1v) is 11.4. The monoisotopic (exact) mass is 410 g/mol. The van der Waals surface area contributed by atoms with Crippen molar-refractivity contribution >= 4 is 40.2 Å². The van der Waals surface area contributed by atoms with Gasteiger partial charge in [0.1, 0.15) is 5.82 Å². The molecular formula is C21H22N4OS2. The average Bonchev–Trinajstić information content (AvgIpc) is 3.50. The van der Waals surface area contributed by atoms with Gasteiger partial charge in [-0.25, -0.2) is 9.78 Å². The zero-order valence-electron chi connectivity index (χ0n) is 15.5. The van der Waals surface area contributed by atoms with Gasteiger partial charge in [0, 0.05) is 29.4 Å². The number of carbonyl (C=O) groups is 1. The van der Waals surface area contributed by atoms with E-state index in [1.54, 1.807) is 28.9 Å². The molecule has 0 saturated carbocycles. The zero-order valence-corrected chi connectivity index (χ0v) is 17.1. The molecule has 2 amide bonds. The SMILES string of the molecule is O=C(Nc1ccc(N2CCCC2)nc1)N1CCc2sccc2C1c1cccs1. The van der Waals surface area contributed by atoms with Gasteiger partial charge in [-0.05, 0) is 59.9 Å². The molecule has 3 aromatic rings. The molecule has 0 bridgehead atoms. The number of rotatable bonds is 3. The first kappa shape index (κ1) is 17.7. The van der Waals surface area contributed by atoms with Crippen molar-refractivity contribution < 1.29 is 4.79 Å². The summed E-state index contributed by atoms with van der Waals surface area (Å²) < 4.78 is 0. The number of carbonyl (C=O) groups excluding carboxylic acids is 1. The van der Waals surface area contributed by atoms with Gasteiger partial charge in [0.2, 0.25) is 0 Å². The van der Waals surface area contributed by atoms with Crippen LogP contribution in [0.4, 0.5) is 16.3 Å². The maximum Gasteiger partial charge on any atom is 0.322 e. The Balaban J connectivity index is 1.35. The van der Waals surface area contributed by atoms with Crippen LogP contribution in [-0.4, -0.2) is 35.5 Å². The number of nitrogens with zero attached hydrogens (tertiary/aromatic N) is 3. The summed E-state index contributed by atoms with van der Waals surface area (Å²) in [6, 6.07) is 10.2. The van der Waals surface area contributed by atoms with Gasteiger partial charge in [0.15, 0.2) is 0 Å². The smallest absolute Gasteiger partial charge is 0.322 e. The van der Waals surface area contributed by atoms with Crippen molar-refractivity contribution in [2.75, 3.05) is 29.9 Å². The molecular weight excluding hydrogens is 388 g/mol. The van der Waals surface area contributed by atoms with E-state index in [2.05, 4.69) is 44.2 Å². The molecule has 2 aliphatic rings. The maximum atomic E-state index is 13.1. The molecule has 1 saturated heterocycles. The number of aromatic nitrogens is 1. The summed E-state index contributed by atoms with van der Waals surface area (Å²) in [5.74, 6) is 0.993. The molecule has 1 unspecified atom stereocenters. The van der Waals surface area contributed by atoms with Gasteiger partial charge in [0.25, 0.3) is 0 Å². The Morgan fingerprint density at radius 1 is 1.07 bits per heavy atom. The van der Waals surface area contributed by atoms with Crippen LogP contribution in [0.5, 0.6) is 0 Å². The van der Waals surface area contributed by atoms with E-state index >= 15 is 0 Å². The van der Waals surface area contributed by atoms with Gasteiger partial charge in [-0.1, -0.05) is 6.07 Å². The third kappa shape index (κ3) is 3.29. The topological polar surface area (TPSA) is 48.5 Å². The number of amides is 2. The van der Waals surface area contributed by atoms with Gasteiger partial charge < -0.3 is 15.1 Å². The summed E-state index contributed by atoms with van der Waals surface area (Å²) in [4.78, 5) is 24.5. The van der Waals surface area contributed by atoms with E-state index in [1.165, 1.54) is 28.2 Å². The highest BCUT2D eigenvalue weighted by atomic mass is 32.1. The number of anilines is 2. The second-order valence-corrected chi connectivity index (χ2v) is 9.17. The van der Waals surface area contributed by atoms with Gasteiger partial charge in [0.05, 0.1) is 17.9 Å². The minimum absolute atomic E-state index is 0.00756. The molecule has 3 aromatic heterocycles. The first-order valence-electron chi connectivity index (χ1n) is 9.68. The van der Waals surface area contributed by atoms with Crippen LogP contribution in [0, 0.1) is 0 Å². The van der Waals surface area contributed by atoms with Crippen molar-refractivity contribution in [3.63, 3.8) is 0 Å². The van der Waals surface area contributed by atoms with Crippen molar-refractivity contribution in [2.24, 2.45) is 0 Å². The Kier molecular flexibility index (Phi) is 4.78. The van der Waals surface area contributed by atoms with E-state index in [9.17, 15) is 4.79 Å². The lowest BCUT2D eigenvalue weighted by atomic mass is 9.99. The van der Waals surface area contributed by atoms with Crippen LogP contribution >= 0.6 is 22.7 Å². The van der Waals surface area contributed by atoms with E-state index < -0.39 is 0 Å². The summed E-state index contributed by atoms with van der Waals surface area (Å²) in [5, 5.41) is 7.27. The number of hydrogen-bond acceptors (Lipinski definition) is 5. The van der Waals surface area contributed by atoms with E-state index in [0.717, 1.165) is 37.6 Å². The molecule has 1 N–H and O–H groups in total. The third-order valence-corrected chi connectivity index (χ3v) is 7.39. The summed E-state index contributed by atoms with van der Waals surface area (Å²) in [6.07, 6.45) is 5.13. The lowest BCUT2D eigenvalue weighted by Gasteiger charge is -2.35. The standard InChI is InChI=1S/C21H22N4OS2/c26-21(23-15-5-6-19(22-14-15)24-9-1-2-10-24)25-11-7-17-16(8-13-28-17)20(25)18-4-3-12-27-18/h3-6,8,12-14,20H,1-2,7,9-11H2,(H,23,26). The van der Waals surface area contributed by atoms with E-state index in [1.807, 2.05) is 17.0 Å². The molecule has 2 aliphatic heterocycles. The van der Waals surface area contributed by atoms with Crippen molar-refractivity contribution in [3.8, 4) is 0 Å². The molecule has 1 atom stereocenters. The lowest BCUT2D eigenvalue weighted by Crippen LogP contribution is -2.42. The molecule has 0 aliphatic carbocycles. The quantitative estimate of drug-likeness (QED) is 0.662. The van der Waals surface area contributed by atoms with E-state index in [4.69, 9.17) is 0 Å². The fourth-order valence-electron chi connectivity index (χ4n) is 4.08. The predicted octanol–water partition coefficient (Wildman–Crippen LogP) is 4.98. The molecule has 7 heteroatoms. The van der Waals surface area contributed by atoms with Crippen LogP contribution in [0.1, 0.15) is 34.2 Å². The summed E-state index contributed by atoms with van der Waals surface area (Å²) in [7, 11) is 0. The van der Waals surface area contributed by atoms with E-state index in [0.29, 0.717) is 0 Å². The Labute approximate surface area is 172 Å². The maximum absolute atomic E-state index is 13.1. The minimum Gasteiger partial charge on any atom is -0.357 e. The molecule has 5 rings (SSSR count). The second kappa shape index (κ2) is 7.56. The third-order valence-electron chi connectivity index (χ3n) is 5.47. The number of thiophene rings is 2. The number of hydrogen-bond donors (Lipinski definition) is 1. The summed E-state index contributed by atoms with van der Waals surface area (Å²) >= 11 is 3.49. The second-order valence-electron chi connectivity index (χ2n) is 7.19. The van der Waals surface area contributed by atoms with Crippen molar-refractivity contribution in [2.45, 2.75) is 25.3 Å². The minimum atomic E-state index is -0.0639. The predicted molar refractivity (Wildman–Crippen MR) is 116 cm³/mol. The largest absolute Gasteiger partial charge is 0.357 e. The Morgan fingerprint density at radius 2 is 1.96 bits per heavy atom. The van der Waals surface area contributed by atoms with Gasteiger partial charge in [-0.2, -0.15) is 0 Å². The van der Waals surface area contributed by atoms with E-state index in [-0.39, 0.29) is 12.1 Å². The first-order chi connectivity index (χ1) is 13.8. The van der Waals surface area contributed by atoms with Crippen LogP contribution < -0.4 is 10.2 Å². The molecule has 5 nitrogen and oxygen atoms in total. The number of urea groups is 1. The van der Waals surface area contributed by atoms with Gasteiger partial charge >= 0.3 is 6.03 Å². The highest BCUT2D eigenvalue weighted by molar-refractivity contribution is 7.10. The molecule has 0 radical (unpaired) electrons. The van der Waals surface area contributed by atoms with Crippen LogP contribution in [0.2, 0.25) is 0 Å². The van der Waals surface area contributed by atoms with Crippen molar-refractivity contribution in [1.82, 2.24) is 9.88 Å².